The van der Waals surface area contributed by atoms with Crippen molar-refractivity contribution >= 4 is 40.3 Å². The molecule has 0 spiro atoms. The number of rotatable bonds is 22. The summed E-state index contributed by atoms with van der Waals surface area (Å²) in [5.41, 5.74) is -1.02. The first-order valence-corrected chi connectivity index (χ1v) is 23.9. The van der Waals surface area contributed by atoms with E-state index < -0.39 is 69.5 Å². The maximum Gasteiger partial charge on any atom is 0.407 e. The van der Waals surface area contributed by atoms with E-state index in [0.717, 1.165) is 36.3 Å². The van der Waals surface area contributed by atoms with Gasteiger partial charge in [-0.2, -0.15) is 0 Å². The summed E-state index contributed by atoms with van der Waals surface area (Å²) in [6, 6.07) is 4.54. The maximum atomic E-state index is 14.1. The lowest BCUT2D eigenvalue weighted by Gasteiger charge is -2.40. The fourth-order valence-electron chi connectivity index (χ4n) is 6.25. The highest BCUT2D eigenvalue weighted by Gasteiger charge is 2.45. The largest absolute Gasteiger partial charge is 0.456 e. The second-order valence-corrected chi connectivity index (χ2v) is 25.1. The van der Waals surface area contributed by atoms with E-state index in [0.29, 0.717) is 18.4 Å². The lowest BCUT2D eigenvalue weighted by Crippen LogP contribution is -2.55. The third-order valence-corrected chi connectivity index (χ3v) is 19.7. The van der Waals surface area contributed by atoms with Crippen molar-refractivity contribution in [1.29, 1.82) is 0 Å². The second kappa shape index (κ2) is 20.3. The summed E-state index contributed by atoms with van der Waals surface area (Å²) in [4.78, 5) is 54.7. The van der Waals surface area contributed by atoms with Crippen molar-refractivity contribution in [3.05, 3.63) is 11.1 Å². The minimum Gasteiger partial charge on any atom is -0.456 e. The molecule has 0 aromatic rings. The zero-order valence-corrected chi connectivity index (χ0v) is 36.3. The minimum absolute atomic E-state index is 0.129. The molecule has 1 amide bonds. The Bertz CT molecular complexity index is 1100. The summed E-state index contributed by atoms with van der Waals surface area (Å²) in [5, 5.41) is 2.92. The van der Waals surface area contributed by atoms with Gasteiger partial charge in [-0.05, 0) is 116 Å². The van der Waals surface area contributed by atoms with E-state index in [1.165, 1.54) is 0 Å². The van der Waals surface area contributed by atoms with Crippen LogP contribution in [0.15, 0.2) is 11.1 Å². The Labute approximate surface area is 301 Å². The van der Waals surface area contributed by atoms with Crippen LogP contribution in [0.4, 0.5) is 4.79 Å². The third-order valence-electron chi connectivity index (χ3n) is 10.5. The van der Waals surface area contributed by atoms with E-state index in [9.17, 15) is 19.2 Å². The molecule has 0 aliphatic carbocycles. The van der Waals surface area contributed by atoms with Crippen molar-refractivity contribution in [2.45, 2.75) is 197 Å². The molecule has 1 N–H and O–H groups in total. The molecule has 0 rings (SSSR count). The molecule has 0 saturated heterocycles. The number of ether oxygens (including phenoxy) is 2. The summed E-state index contributed by atoms with van der Waals surface area (Å²) in [6.07, 6.45) is -1.83. The van der Waals surface area contributed by atoms with Crippen LogP contribution in [0.1, 0.15) is 131 Å². The standard InChI is InChI=1S/C38H73NO8Si2/c1-18-31(46-48(19-2,20-3)21-4)38(16,17)34(41)32(40)28(11)27(10)29(12)44-35(42)33(47-49(22-5,23-6)24-7)30(25-26(8)9)39-36(43)45-37(13,14)15/h26,29-31,33H,18-25H2,1-17H3,(H,39,43)/b28-27+/t29-,30-,31?,33?/m0/s1. The molecule has 0 aromatic carbocycles. The molecule has 4 atom stereocenters. The van der Waals surface area contributed by atoms with Crippen LogP contribution >= 0.6 is 0 Å². The molecule has 9 nitrogen and oxygen atoms in total. The molecule has 11 heteroatoms. The first-order valence-electron chi connectivity index (χ1n) is 18.8. The lowest BCUT2D eigenvalue weighted by atomic mass is 9.77. The molecule has 0 bridgehead atoms. The van der Waals surface area contributed by atoms with E-state index in [2.05, 4.69) is 46.9 Å². The van der Waals surface area contributed by atoms with Gasteiger partial charge >= 0.3 is 12.1 Å². The van der Waals surface area contributed by atoms with Gasteiger partial charge in [-0.3, -0.25) is 9.59 Å². The Morgan fingerprint density at radius 3 is 1.55 bits per heavy atom. The van der Waals surface area contributed by atoms with Crippen LogP contribution in [-0.4, -0.2) is 70.2 Å². The van der Waals surface area contributed by atoms with Gasteiger partial charge in [0.1, 0.15) is 11.7 Å². The minimum atomic E-state index is -2.36. The Morgan fingerprint density at radius 1 is 0.714 bits per heavy atom. The van der Waals surface area contributed by atoms with Crippen molar-refractivity contribution < 1.29 is 37.5 Å². The number of amides is 1. The number of nitrogens with one attached hydrogen (secondary N) is 1. The molecule has 0 aliphatic rings. The van der Waals surface area contributed by atoms with Gasteiger partial charge in [0.05, 0.1) is 17.6 Å². The van der Waals surface area contributed by atoms with Crippen LogP contribution in [0.2, 0.25) is 36.3 Å². The van der Waals surface area contributed by atoms with Gasteiger partial charge in [-0.1, -0.05) is 62.3 Å². The predicted molar refractivity (Wildman–Crippen MR) is 205 cm³/mol. The first-order chi connectivity index (χ1) is 22.5. The van der Waals surface area contributed by atoms with Gasteiger partial charge < -0.3 is 23.6 Å². The van der Waals surface area contributed by atoms with Crippen LogP contribution in [0.5, 0.6) is 0 Å². The first kappa shape index (κ1) is 47.2. The molecule has 0 aliphatic heterocycles. The maximum absolute atomic E-state index is 14.1. The smallest absolute Gasteiger partial charge is 0.407 e. The number of carbonyl (C=O) groups excluding carboxylic acids is 4. The number of esters is 1. The fraction of sp³-hybridized carbons (Fsp3) is 0.842. The highest BCUT2D eigenvalue weighted by Crippen LogP contribution is 2.35. The number of allylic oxidation sites excluding steroid dienone is 1. The number of alkyl carbamates (subject to hydrolysis) is 1. The SMILES string of the molecule is CCC(O[Si](CC)(CC)CC)C(C)(C)C(=O)C(=O)/C(C)=C(\C)[C@H](C)OC(=O)C(O[Si](CC)(CC)CC)[C@H](CC(C)C)NC(=O)OC(C)(C)C. The summed E-state index contributed by atoms with van der Waals surface area (Å²) in [6.45, 7) is 32.7. The topological polar surface area (TPSA) is 117 Å². The predicted octanol–water partition coefficient (Wildman–Crippen LogP) is 9.55. The molecule has 286 valence electrons. The number of carbonyl (C=O) groups is 4. The summed E-state index contributed by atoms with van der Waals surface area (Å²) < 4.78 is 25.1. The van der Waals surface area contributed by atoms with Crippen LogP contribution in [-0.2, 0) is 32.7 Å². The lowest BCUT2D eigenvalue weighted by molar-refractivity contribution is -0.157. The summed E-state index contributed by atoms with van der Waals surface area (Å²) in [5.74, 6) is -1.60. The number of hydrogen-bond acceptors (Lipinski definition) is 8. The molecule has 2 unspecified atom stereocenters. The van der Waals surface area contributed by atoms with E-state index in [4.69, 9.17) is 18.3 Å². The van der Waals surface area contributed by atoms with Crippen LogP contribution in [0.3, 0.4) is 0 Å². The quantitative estimate of drug-likeness (QED) is 0.0507. The Morgan fingerprint density at radius 2 is 1.16 bits per heavy atom. The van der Waals surface area contributed by atoms with Crippen molar-refractivity contribution in [2.24, 2.45) is 11.3 Å². The third kappa shape index (κ3) is 13.7. The molecule has 49 heavy (non-hydrogen) atoms. The second-order valence-electron chi connectivity index (χ2n) is 15.7. The van der Waals surface area contributed by atoms with E-state index in [-0.39, 0.29) is 17.6 Å². The van der Waals surface area contributed by atoms with Gasteiger partial charge in [0.15, 0.2) is 22.7 Å². The van der Waals surface area contributed by atoms with Crippen molar-refractivity contribution in [2.75, 3.05) is 0 Å². The highest BCUT2D eigenvalue weighted by molar-refractivity contribution is 6.74. The van der Waals surface area contributed by atoms with Gasteiger partial charge in [0, 0.05) is 5.57 Å². The van der Waals surface area contributed by atoms with Gasteiger partial charge in [-0.15, -0.1) is 0 Å². The van der Waals surface area contributed by atoms with E-state index in [1.807, 2.05) is 20.8 Å². The number of hydrogen-bond donors (Lipinski definition) is 1. The molecule has 0 fully saturated rings. The fourth-order valence-corrected chi connectivity index (χ4v) is 12.1. The van der Waals surface area contributed by atoms with Gasteiger partial charge in [0.2, 0.25) is 11.6 Å². The monoisotopic (exact) mass is 727 g/mol. The van der Waals surface area contributed by atoms with Crippen molar-refractivity contribution in [1.82, 2.24) is 5.32 Å². The van der Waals surface area contributed by atoms with Crippen LogP contribution < -0.4 is 5.32 Å². The Balaban J connectivity index is 6.56. The van der Waals surface area contributed by atoms with Gasteiger partial charge in [-0.25, -0.2) is 9.59 Å². The van der Waals surface area contributed by atoms with Crippen molar-refractivity contribution in [3.63, 3.8) is 0 Å². The molecule has 0 aromatic heterocycles. The zero-order chi connectivity index (χ0) is 38.5. The molecular weight excluding hydrogens is 655 g/mol. The van der Waals surface area contributed by atoms with Crippen LogP contribution in [0, 0.1) is 11.3 Å². The zero-order valence-electron chi connectivity index (χ0n) is 34.3. The summed E-state index contributed by atoms with van der Waals surface area (Å²) >= 11 is 0. The van der Waals surface area contributed by atoms with Gasteiger partial charge in [0.25, 0.3) is 0 Å². The normalized spacial score (nSPS) is 16.0. The van der Waals surface area contributed by atoms with E-state index in [1.54, 1.807) is 55.4 Å². The van der Waals surface area contributed by atoms with Crippen molar-refractivity contribution in [3.8, 4) is 0 Å². The summed E-state index contributed by atoms with van der Waals surface area (Å²) in [7, 11) is -4.39. The average molecular weight is 728 g/mol. The molecule has 0 saturated carbocycles. The Kier molecular flexibility index (Phi) is 19.5. The van der Waals surface area contributed by atoms with E-state index >= 15 is 0 Å². The number of ketones is 2. The average Bonchev–Trinajstić information content (AvgIpc) is 3.03. The Hall–Kier alpha value is -1.83. The molecule has 0 heterocycles. The van der Waals surface area contributed by atoms with Crippen LogP contribution in [0.25, 0.3) is 0 Å². The number of Topliss-reactive ketones (excluding diaryl/α,β-unsaturated/α-hetero) is 2. The molecular formula is C38H73NO8Si2. The highest BCUT2D eigenvalue weighted by atomic mass is 28.4. The molecule has 0 radical (unpaired) electrons.